The molecule has 0 fully saturated rings. The van der Waals surface area contributed by atoms with Crippen LogP contribution in [0.1, 0.15) is 100 Å². The number of carbonyl (C=O) groups is 11. The monoisotopic (exact) mass is 1030 g/mol. The smallest absolute Gasteiger partial charge is 0.335 e. The molecule has 0 unspecified atom stereocenters. The summed E-state index contributed by atoms with van der Waals surface area (Å²) in [6.07, 6.45) is 8.10. The fraction of sp³-hybridized carbons (Fsp3) is 0.622. The first kappa shape index (κ1) is 63.2. The second-order valence-corrected chi connectivity index (χ2v) is 16.4. The highest BCUT2D eigenvalue weighted by molar-refractivity contribution is 5.96. The minimum atomic E-state index is -1.74. The fourth-order valence-electron chi connectivity index (χ4n) is 6.41. The number of rotatable bonds is 40. The lowest BCUT2D eigenvalue weighted by Gasteiger charge is -2.22. The van der Waals surface area contributed by atoms with Crippen molar-refractivity contribution in [2.75, 3.05) is 52.7 Å². The predicted octanol–water partition coefficient (Wildman–Crippen LogP) is -4.42. The molecular formula is C45H71N9O18. The van der Waals surface area contributed by atoms with Gasteiger partial charge in [-0.3, -0.25) is 38.4 Å². The van der Waals surface area contributed by atoms with Gasteiger partial charge in [-0.1, -0.05) is 38.5 Å². The van der Waals surface area contributed by atoms with Gasteiger partial charge in [0.05, 0.1) is 57.7 Å². The molecule has 72 heavy (non-hydrogen) atoms. The van der Waals surface area contributed by atoms with Crippen LogP contribution in [0.5, 0.6) is 5.75 Å². The van der Waals surface area contributed by atoms with E-state index in [1.807, 2.05) is 0 Å². The molecule has 27 nitrogen and oxygen atoms in total. The van der Waals surface area contributed by atoms with Gasteiger partial charge < -0.3 is 88.4 Å². The van der Waals surface area contributed by atoms with Crippen LogP contribution in [0.25, 0.3) is 0 Å². The highest BCUT2D eigenvalue weighted by Gasteiger charge is 2.29. The summed E-state index contributed by atoms with van der Waals surface area (Å²) in [5.74, 6) is -9.33. The summed E-state index contributed by atoms with van der Waals surface area (Å²) in [5.41, 5.74) is 5.67. The molecule has 1 aromatic rings. The van der Waals surface area contributed by atoms with E-state index in [2.05, 4.69) is 42.5 Å². The van der Waals surface area contributed by atoms with Gasteiger partial charge in [0.25, 0.3) is 0 Å². The number of hydrogen-bond donors (Lipinski definition) is 15. The van der Waals surface area contributed by atoms with Crippen molar-refractivity contribution in [2.24, 2.45) is 5.73 Å². The quantitative estimate of drug-likeness (QED) is 0.0218. The third kappa shape index (κ3) is 27.5. The molecule has 0 aromatic heterocycles. The van der Waals surface area contributed by atoms with E-state index >= 15 is 0 Å². The first-order valence-electron chi connectivity index (χ1n) is 23.5. The highest BCUT2D eigenvalue weighted by atomic mass is 16.5. The zero-order valence-electron chi connectivity index (χ0n) is 40.1. The molecule has 0 saturated heterocycles. The van der Waals surface area contributed by atoms with Gasteiger partial charge in [-0.2, -0.15) is 0 Å². The van der Waals surface area contributed by atoms with E-state index < -0.39 is 141 Å². The van der Waals surface area contributed by atoms with Crippen LogP contribution in [-0.2, 0) is 47.9 Å². The summed E-state index contributed by atoms with van der Waals surface area (Å²) in [5, 5.41) is 75.0. The van der Waals surface area contributed by atoms with Crippen molar-refractivity contribution in [1.82, 2.24) is 42.5 Å². The number of carboxylic acids is 2. The number of aromatic carboxylic acids is 1. The maximum Gasteiger partial charge on any atom is 0.335 e. The van der Waals surface area contributed by atoms with Crippen LogP contribution in [0.4, 0.5) is 0 Å². The number of aliphatic hydroxyl groups excluding tert-OH is 4. The second-order valence-electron chi connectivity index (χ2n) is 16.4. The first-order valence-corrected chi connectivity index (χ1v) is 23.5. The molecule has 0 aliphatic rings. The fourth-order valence-corrected chi connectivity index (χ4v) is 6.41. The molecule has 1 rings (SSSR count). The first-order chi connectivity index (χ1) is 34.4. The number of aliphatic hydroxyl groups is 4. The Labute approximate surface area is 415 Å². The second kappa shape index (κ2) is 37.0. The normalized spacial score (nSPS) is 13.3. The van der Waals surface area contributed by atoms with Crippen LogP contribution in [0, 0.1) is 0 Å². The van der Waals surface area contributed by atoms with Gasteiger partial charge in [-0.15, -0.1) is 0 Å². The molecule has 0 radical (unpaired) electrons. The van der Waals surface area contributed by atoms with Crippen LogP contribution in [0.15, 0.2) is 24.3 Å². The van der Waals surface area contributed by atoms with E-state index in [-0.39, 0.29) is 24.9 Å². The number of hydrogen-bond acceptors (Lipinski definition) is 17. The molecule has 27 heteroatoms. The van der Waals surface area contributed by atoms with Gasteiger partial charge in [0.1, 0.15) is 42.2 Å². The van der Waals surface area contributed by atoms with Gasteiger partial charge in [0, 0.05) is 19.4 Å². The summed E-state index contributed by atoms with van der Waals surface area (Å²) in [7, 11) is 0. The molecule has 16 N–H and O–H groups in total. The maximum atomic E-state index is 12.8. The Bertz CT molecular complexity index is 1910. The standard InChI is InChI=1S/C45H71N9O18/c46-29(23-55)11-8-9-19-47-38(62)21-48-40(64)32(24-56)54-43(67)35(27-59)52-39(63)22-49-41(65)33(25-57)53-42(66)34(26-58)51-37(61)18-17-31(45(70)71)50-36(60)12-7-5-3-1-2-4-6-10-20-72-30-15-13-28(14-16-30)44(68)69/h13-16,23,29,31-35,56-59H,1-12,17-22,24-27,46H2,(H,47,62)(H,48,64)(H,49,65)(H,50,60)(H,51,61)(H,52,63)(H,53,66)(H,54,67)(H,68,69)(H,70,71)/t29-,31-,32-,33-,34-,35-/m0/s1. The van der Waals surface area contributed by atoms with Crippen molar-refractivity contribution in [1.29, 1.82) is 0 Å². The lowest BCUT2D eigenvalue weighted by atomic mass is 10.1. The average molecular weight is 1030 g/mol. The van der Waals surface area contributed by atoms with E-state index in [9.17, 15) is 78.3 Å². The van der Waals surface area contributed by atoms with Gasteiger partial charge in [-0.25, -0.2) is 9.59 Å². The Morgan fingerprint density at radius 2 is 0.958 bits per heavy atom. The van der Waals surface area contributed by atoms with E-state index in [4.69, 9.17) is 15.6 Å². The summed E-state index contributed by atoms with van der Waals surface area (Å²) in [6, 6.07) is -2.62. The topological polar surface area (TPSA) is 441 Å². The molecule has 0 saturated carbocycles. The zero-order chi connectivity index (χ0) is 53.8. The number of amides is 8. The Balaban J connectivity index is 2.42. The summed E-state index contributed by atoms with van der Waals surface area (Å²) in [4.78, 5) is 134. The molecule has 0 heterocycles. The Kier molecular flexibility index (Phi) is 32.5. The molecule has 404 valence electrons. The number of nitrogens with one attached hydrogen (secondary N) is 8. The number of carbonyl (C=O) groups excluding carboxylic acids is 9. The number of aliphatic carboxylic acids is 1. The number of nitrogens with two attached hydrogens (primary N) is 1. The molecule has 1 aromatic carbocycles. The van der Waals surface area contributed by atoms with Crippen molar-refractivity contribution in [3.63, 3.8) is 0 Å². The molecular weight excluding hydrogens is 955 g/mol. The summed E-state index contributed by atoms with van der Waals surface area (Å²) in [6.45, 7) is -4.65. The Hall–Kier alpha value is -6.81. The Morgan fingerprint density at radius 1 is 0.500 bits per heavy atom. The van der Waals surface area contributed by atoms with E-state index in [0.29, 0.717) is 44.3 Å². The van der Waals surface area contributed by atoms with Gasteiger partial charge in [-0.05, 0) is 62.8 Å². The maximum absolute atomic E-state index is 12.8. The van der Waals surface area contributed by atoms with Crippen molar-refractivity contribution in [3.05, 3.63) is 29.8 Å². The minimum Gasteiger partial charge on any atom is -0.494 e. The average Bonchev–Trinajstić information content (AvgIpc) is 3.36. The van der Waals surface area contributed by atoms with E-state index in [1.165, 1.54) is 12.1 Å². The van der Waals surface area contributed by atoms with E-state index in [1.54, 1.807) is 12.1 Å². The number of ether oxygens (including phenoxy) is 1. The summed E-state index contributed by atoms with van der Waals surface area (Å²) < 4.78 is 5.63. The number of benzene rings is 1. The van der Waals surface area contributed by atoms with Crippen LogP contribution < -0.4 is 53.0 Å². The lowest BCUT2D eigenvalue weighted by Crippen LogP contribution is -2.58. The SMILES string of the molecule is N[C@H](C=O)CCCCNC(=O)CNC(=O)[C@H](CO)NC(=O)[C@H](CO)NC(=O)CNC(=O)[C@H](CO)NC(=O)[C@H](CO)NC(=O)CC[C@H](NC(=O)CCCCCCCCCCOc1ccc(C(=O)O)cc1)C(=O)O. The van der Waals surface area contributed by atoms with Crippen LogP contribution in [0.3, 0.4) is 0 Å². The van der Waals surface area contributed by atoms with Crippen molar-refractivity contribution < 1.29 is 88.1 Å². The van der Waals surface area contributed by atoms with Gasteiger partial charge >= 0.3 is 11.9 Å². The molecule has 0 aliphatic carbocycles. The minimum absolute atomic E-state index is 0.0569. The van der Waals surface area contributed by atoms with E-state index in [0.717, 1.165) is 44.9 Å². The number of aldehydes is 1. The predicted molar refractivity (Wildman–Crippen MR) is 252 cm³/mol. The Morgan fingerprint density at radius 3 is 1.46 bits per heavy atom. The number of unbranched alkanes of at least 4 members (excludes halogenated alkanes) is 8. The largest absolute Gasteiger partial charge is 0.494 e. The van der Waals surface area contributed by atoms with Crippen molar-refractivity contribution >= 4 is 65.5 Å². The number of carboxylic acid groups (broad SMARTS) is 2. The molecule has 0 bridgehead atoms. The van der Waals surface area contributed by atoms with Crippen LogP contribution in [-0.4, -0.2) is 185 Å². The van der Waals surface area contributed by atoms with Gasteiger partial charge in [0.2, 0.25) is 47.3 Å². The third-order valence-electron chi connectivity index (χ3n) is 10.6. The third-order valence-corrected chi connectivity index (χ3v) is 10.6. The lowest BCUT2D eigenvalue weighted by molar-refractivity contribution is -0.142. The highest BCUT2D eigenvalue weighted by Crippen LogP contribution is 2.14. The molecule has 6 atom stereocenters. The molecule has 0 aliphatic heterocycles. The molecule has 0 spiro atoms. The van der Waals surface area contributed by atoms with Gasteiger partial charge in [0.15, 0.2) is 0 Å². The van der Waals surface area contributed by atoms with Crippen molar-refractivity contribution in [2.45, 2.75) is 126 Å². The molecule has 8 amide bonds. The van der Waals surface area contributed by atoms with Crippen LogP contribution in [0.2, 0.25) is 0 Å². The zero-order valence-corrected chi connectivity index (χ0v) is 40.1. The summed E-state index contributed by atoms with van der Waals surface area (Å²) >= 11 is 0. The van der Waals surface area contributed by atoms with Crippen LogP contribution >= 0.6 is 0 Å². The van der Waals surface area contributed by atoms with Crippen molar-refractivity contribution in [3.8, 4) is 5.75 Å².